The second kappa shape index (κ2) is 14.5. The quantitative estimate of drug-likeness (QED) is 0.212. The van der Waals surface area contributed by atoms with Crippen molar-refractivity contribution < 1.29 is 36.4 Å². The number of halogens is 1. The van der Waals surface area contributed by atoms with Gasteiger partial charge in [-0.25, -0.2) is 4.39 Å². The highest BCUT2D eigenvalue weighted by atomic mass is 32.2. The second-order valence-corrected chi connectivity index (χ2v) is 11.0. The molecule has 0 saturated carbocycles. The summed E-state index contributed by atoms with van der Waals surface area (Å²) in [5.41, 5.74) is 3.64. The summed E-state index contributed by atoms with van der Waals surface area (Å²) >= 11 is 0. The molecular formula is C30H35FO7S. The van der Waals surface area contributed by atoms with Crippen LogP contribution in [0, 0.1) is 5.82 Å². The number of carboxylic acid groups (broad SMARTS) is 1. The molecule has 210 valence electrons. The molecule has 0 aromatic heterocycles. The summed E-state index contributed by atoms with van der Waals surface area (Å²) < 4.78 is 54.4. The van der Waals surface area contributed by atoms with E-state index in [1.807, 2.05) is 31.2 Å². The van der Waals surface area contributed by atoms with Gasteiger partial charge in [0, 0.05) is 6.42 Å². The van der Waals surface area contributed by atoms with Gasteiger partial charge in [-0.1, -0.05) is 43.7 Å². The Balaban J connectivity index is 1.68. The fraction of sp³-hybridized carbons (Fsp3) is 0.367. The van der Waals surface area contributed by atoms with Crippen LogP contribution in [0.5, 0.6) is 17.2 Å². The molecular weight excluding hydrogens is 523 g/mol. The topological polar surface area (TPSA) is 99.1 Å². The third-order valence-electron chi connectivity index (χ3n) is 6.17. The van der Waals surface area contributed by atoms with Crippen LogP contribution in [0.15, 0.2) is 60.7 Å². The van der Waals surface area contributed by atoms with E-state index in [0.29, 0.717) is 37.2 Å². The zero-order valence-corrected chi connectivity index (χ0v) is 23.1. The van der Waals surface area contributed by atoms with E-state index in [1.54, 1.807) is 24.3 Å². The lowest BCUT2D eigenvalue weighted by atomic mass is 10.0. The van der Waals surface area contributed by atoms with Crippen LogP contribution >= 0.6 is 0 Å². The van der Waals surface area contributed by atoms with Crippen molar-refractivity contribution in [1.82, 2.24) is 0 Å². The fourth-order valence-corrected chi connectivity index (χ4v) is 5.14. The number of aliphatic carboxylic acids is 1. The van der Waals surface area contributed by atoms with E-state index in [4.69, 9.17) is 18.8 Å². The average molecular weight is 559 g/mol. The Bertz CT molecular complexity index is 1340. The van der Waals surface area contributed by atoms with Gasteiger partial charge in [0.1, 0.15) is 18.2 Å². The van der Waals surface area contributed by atoms with Gasteiger partial charge in [0.25, 0.3) is 0 Å². The van der Waals surface area contributed by atoms with Crippen LogP contribution in [-0.2, 0) is 40.8 Å². The Hall–Kier alpha value is -3.59. The maximum atomic E-state index is 13.3. The zero-order chi connectivity index (χ0) is 28.3. The first kappa shape index (κ1) is 30.0. The first-order chi connectivity index (χ1) is 18.7. The maximum Gasteiger partial charge on any atom is 0.309 e. The second-order valence-electron chi connectivity index (χ2n) is 9.29. The van der Waals surface area contributed by atoms with Crippen LogP contribution in [0.3, 0.4) is 0 Å². The molecule has 0 aliphatic carbocycles. The van der Waals surface area contributed by atoms with E-state index >= 15 is 0 Å². The SMILES string of the molecule is CCCCS(=O)(=O)Oc1ccc(CCCc2ccc(CCC(=O)O)cc2OCc2ccc(F)cc2)cc1OC. The van der Waals surface area contributed by atoms with E-state index < -0.39 is 16.1 Å². The largest absolute Gasteiger partial charge is 0.493 e. The Labute approximate surface area is 229 Å². The Kier molecular flexibility index (Phi) is 11.2. The molecule has 3 rings (SSSR count). The molecule has 7 nitrogen and oxygen atoms in total. The maximum absolute atomic E-state index is 13.3. The number of unbranched alkanes of at least 4 members (excludes halogenated alkanes) is 1. The molecule has 0 atom stereocenters. The van der Waals surface area contributed by atoms with E-state index in [1.165, 1.54) is 19.2 Å². The number of aryl methyl sites for hydroxylation is 3. The molecule has 0 aliphatic rings. The molecule has 39 heavy (non-hydrogen) atoms. The fourth-order valence-electron chi connectivity index (χ4n) is 4.01. The minimum atomic E-state index is -3.69. The normalized spacial score (nSPS) is 11.3. The molecule has 9 heteroatoms. The van der Waals surface area contributed by atoms with E-state index in [9.17, 15) is 17.6 Å². The van der Waals surface area contributed by atoms with E-state index in [0.717, 1.165) is 35.1 Å². The lowest BCUT2D eigenvalue weighted by Gasteiger charge is -2.14. The molecule has 0 amide bonds. The molecule has 3 aromatic rings. The third kappa shape index (κ3) is 9.90. The summed E-state index contributed by atoms with van der Waals surface area (Å²) in [6.45, 7) is 2.18. The van der Waals surface area contributed by atoms with Crippen LogP contribution in [0.1, 0.15) is 54.9 Å². The van der Waals surface area contributed by atoms with Crippen LogP contribution < -0.4 is 13.7 Å². The number of methoxy groups -OCH3 is 1. The zero-order valence-electron chi connectivity index (χ0n) is 22.3. The van der Waals surface area contributed by atoms with Crippen molar-refractivity contribution in [3.8, 4) is 17.2 Å². The summed E-state index contributed by atoms with van der Waals surface area (Å²) in [6.07, 6.45) is 3.88. The summed E-state index contributed by atoms with van der Waals surface area (Å²) in [4.78, 5) is 11.0. The molecule has 0 unspecified atom stereocenters. The van der Waals surface area contributed by atoms with Crippen molar-refractivity contribution in [2.75, 3.05) is 12.9 Å². The summed E-state index contributed by atoms with van der Waals surface area (Å²) in [6, 6.07) is 17.1. The smallest absolute Gasteiger partial charge is 0.309 e. The van der Waals surface area contributed by atoms with Gasteiger partial charge in [0.15, 0.2) is 11.5 Å². The number of carbonyl (C=O) groups is 1. The molecule has 0 radical (unpaired) electrons. The van der Waals surface area contributed by atoms with Crippen molar-refractivity contribution in [3.05, 3.63) is 88.7 Å². The molecule has 0 fully saturated rings. The summed E-state index contributed by atoms with van der Waals surface area (Å²) in [5.74, 6) is -0.0253. The van der Waals surface area contributed by atoms with Gasteiger partial charge in [-0.2, -0.15) is 8.42 Å². The standard InChI is InChI=1S/C30H35FO7S/c1-3-4-18-39(34,35)38-27-16-11-22(20-29(27)36-2)6-5-7-25-13-8-23(12-17-30(32)33)19-28(25)37-21-24-9-14-26(31)15-10-24/h8-11,13-16,19-20H,3-7,12,17-18,21H2,1-2H3,(H,32,33). The van der Waals surface area contributed by atoms with Crippen molar-refractivity contribution >= 4 is 16.1 Å². The van der Waals surface area contributed by atoms with Gasteiger partial charge in [-0.15, -0.1) is 0 Å². The minimum Gasteiger partial charge on any atom is -0.493 e. The van der Waals surface area contributed by atoms with Crippen molar-refractivity contribution in [3.63, 3.8) is 0 Å². The number of carboxylic acids is 1. The predicted octanol–water partition coefficient (Wildman–Crippen LogP) is 6.11. The number of ether oxygens (including phenoxy) is 2. The first-order valence-electron chi connectivity index (χ1n) is 13.0. The van der Waals surface area contributed by atoms with Crippen LogP contribution in [0.2, 0.25) is 0 Å². The Morgan fingerprint density at radius 1 is 0.846 bits per heavy atom. The van der Waals surface area contributed by atoms with Gasteiger partial charge >= 0.3 is 16.1 Å². The van der Waals surface area contributed by atoms with Crippen LogP contribution in [0.4, 0.5) is 4.39 Å². The van der Waals surface area contributed by atoms with Crippen molar-refractivity contribution in [2.45, 2.75) is 58.5 Å². The Morgan fingerprint density at radius 2 is 1.51 bits per heavy atom. The molecule has 0 heterocycles. The highest BCUT2D eigenvalue weighted by Crippen LogP contribution is 2.31. The minimum absolute atomic E-state index is 0.0260. The molecule has 0 saturated heterocycles. The molecule has 3 aromatic carbocycles. The first-order valence-corrected chi connectivity index (χ1v) is 14.6. The molecule has 1 N–H and O–H groups in total. The highest BCUT2D eigenvalue weighted by Gasteiger charge is 2.16. The van der Waals surface area contributed by atoms with Crippen LogP contribution in [-0.4, -0.2) is 32.4 Å². The van der Waals surface area contributed by atoms with Gasteiger partial charge in [-0.05, 0) is 84.7 Å². The van der Waals surface area contributed by atoms with Gasteiger partial charge in [0.2, 0.25) is 0 Å². The van der Waals surface area contributed by atoms with E-state index in [-0.39, 0.29) is 30.3 Å². The predicted molar refractivity (Wildman–Crippen MR) is 147 cm³/mol. The van der Waals surface area contributed by atoms with Gasteiger partial charge in [-0.3, -0.25) is 4.79 Å². The number of benzene rings is 3. The van der Waals surface area contributed by atoms with Crippen molar-refractivity contribution in [2.24, 2.45) is 0 Å². The summed E-state index contributed by atoms with van der Waals surface area (Å²) in [7, 11) is -2.21. The molecule has 0 aliphatic heterocycles. The monoisotopic (exact) mass is 558 g/mol. The average Bonchev–Trinajstić information content (AvgIpc) is 2.91. The van der Waals surface area contributed by atoms with E-state index in [2.05, 4.69) is 0 Å². The molecule has 0 bridgehead atoms. The highest BCUT2D eigenvalue weighted by molar-refractivity contribution is 7.87. The number of hydrogen-bond donors (Lipinski definition) is 1. The molecule has 0 spiro atoms. The van der Waals surface area contributed by atoms with Gasteiger partial charge in [0.05, 0.1) is 12.9 Å². The number of rotatable bonds is 16. The Morgan fingerprint density at radius 3 is 2.21 bits per heavy atom. The van der Waals surface area contributed by atoms with Crippen LogP contribution in [0.25, 0.3) is 0 Å². The number of hydrogen-bond acceptors (Lipinski definition) is 6. The summed E-state index contributed by atoms with van der Waals surface area (Å²) in [5, 5.41) is 9.03. The third-order valence-corrected chi connectivity index (χ3v) is 7.39. The van der Waals surface area contributed by atoms with Gasteiger partial charge < -0.3 is 18.8 Å². The lowest BCUT2D eigenvalue weighted by molar-refractivity contribution is -0.136. The van der Waals surface area contributed by atoms with Crippen molar-refractivity contribution in [1.29, 1.82) is 0 Å². The lowest BCUT2D eigenvalue weighted by Crippen LogP contribution is -2.14.